The Morgan fingerprint density at radius 2 is 2.33 bits per heavy atom. The van der Waals surface area contributed by atoms with Crippen molar-refractivity contribution in [3.8, 4) is 5.75 Å². The molecule has 5 heteroatoms. The lowest BCUT2D eigenvalue weighted by atomic mass is 9.92. The molecule has 2 heterocycles. The molecule has 1 aromatic carbocycles. The smallest absolute Gasteiger partial charge is 0.223 e. The second kappa shape index (κ2) is 7.26. The molecule has 3 atom stereocenters. The van der Waals surface area contributed by atoms with Crippen molar-refractivity contribution in [3.05, 3.63) is 30.0 Å². The minimum absolute atomic E-state index is 0.0760. The highest BCUT2D eigenvalue weighted by molar-refractivity contribution is 5.84. The number of fused-ring (bicyclic) bond motifs is 1. The van der Waals surface area contributed by atoms with Gasteiger partial charge in [0.2, 0.25) is 5.91 Å². The lowest BCUT2D eigenvalue weighted by Gasteiger charge is -2.27. The van der Waals surface area contributed by atoms with Crippen LogP contribution in [0.1, 0.15) is 45.4 Å². The quantitative estimate of drug-likeness (QED) is 0.882. The van der Waals surface area contributed by atoms with E-state index in [1.165, 1.54) is 0 Å². The zero-order valence-corrected chi connectivity index (χ0v) is 14.6. The first-order valence-electron chi connectivity index (χ1n) is 8.77. The van der Waals surface area contributed by atoms with Gasteiger partial charge in [0.25, 0.3) is 0 Å². The summed E-state index contributed by atoms with van der Waals surface area (Å²) in [6.45, 7) is 7.52. The number of nitrogens with one attached hydrogen (secondary N) is 2. The molecule has 1 aromatic heterocycles. The lowest BCUT2D eigenvalue weighted by molar-refractivity contribution is -0.126. The number of carbonyl (C=O) groups is 1. The lowest BCUT2D eigenvalue weighted by Crippen LogP contribution is -2.42. The normalized spacial score (nSPS) is 22.3. The fourth-order valence-corrected chi connectivity index (χ4v) is 3.31. The zero-order valence-electron chi connectivity index (χ0n) is 14.6. The van der Waals surface area contributed by atoms with Crippen LogP contribution in [-0.2, 0) is 4.79 Å². The summed E-state index contributed by atoms with van der Waals surface area (Å²) in [5.74, 6) is 1.69. The Bertz CT molecular complexity index is 710. The first-order valence-corrected chi connectivity index (χ1v) is 8.77. The van der Waals surface area contributed by atoms with Crippen LogP contribution in [0.15, 0.2) is 28.7 Å². The van der Waals surface area contributed by atoms with Gasteiger partial charge >= 0.3 is 0 Å². The third kappa shape index (κ3) is 3.56. The largest absolute Gasteiger partial charge is 0.490 e. The predicted molar refractivity (Wildman–Crippen MR) is 94.1 cm³/mol. The number of rotatable bonds is 5. The molecule has 1 fully saturated rings. The molecule has 1 aliphatic rings. The standard InChI is InChI=1S/C19H26N2O3/c1-4-23-16-7-5-6-14-11-17(24-18(14)16)13(3)21-19(22)15-8-9-20-12(2)10-15/h5-7,11-13,15,20H,4,8-10H2,1-3H3,(H,21,22)/t12-,13?,15-/m0/s1. The van der Waals surface area contributed by atoms with Gasteiger partial charge in [0, 0.05) is 17.3 Å². The van der Waals surface area contributed by atoms with E-state index < -0.39 is 0 Å². The molecule has 0 aliphatic carbocycles. The molecule has 2 aromatic rings. The highest BCUT2D eigenvalue weighted by atomic mass is 16.5. The maximum Gasteiger partial charge on any atom is 0.223 e. The van der Waals surface area contributed by atoms with Gasteiger partial charge in [-0.3, -0.25) is 4.79 Å². The van der Waals surface area contributed by atoms with Crippen molar-refractivity contribution in [1.29, 1.82) is 0 Å². The summed E-state index contributed by atoms with van der Waals surface area (Å²) >= 11 is 0. The average Bonchev–Trinajstić information content (AvgIpc) is 3.00. The van der Waals surface area contributed by atoms with Crippen LogP contribution in [0.5, 0.6) is 5.75 Å². The van der Waals surface area contributed by atoms with E-state index >= 15 is 0 Å². The first kappa shape index (κ1) is 16.8. The second-order valence-corrected chi connectivity index (χ2v) is 6.56. The molecule has 3 rings (SSSR count). The molecule has 1 amide bonds. The summed E-state index contributed by atoms with van der Waals surface area (Å²) in [6, 6.07) is 8.06. The Morgan fingerprint density at radius 3 is 3.08 bits per heavy atom. The Kier molecular flexibility index (Phi) is 5.09. The SMILES string of the molecule is CCOc1cccc2cc(C(C)NC(=O)[C@H]3CCN[C@@H](C)C3)oc12. The van der Waals surface area contributed by atoms with E-state index in [0.29, 0.717) is 12.6 Å². The topological polar surface area (TPSA) is 63.5 Å². The van der Waals surface area contributed by atoms with E-state index in [9.17, 15) is 4.79 Å². The summed E-state index contributed by atoms with van der Waals surface area (Å²) in [6.07, 6.45) is 1.77. The van der Waals surface area contributed by atoms with Crippen molar-refractivity contribution in [2.45, 2.75) is 45.7 Å². The van der Waals surface area contributed by atoms with Crippen LogP contribution in [0.3, 0.4) is 0 Å². The Balaban J connectivity index is 1.72. The van der Waals surface area contributed by atoms with Crippen molar-refractivity contribution in [2.24, 2.45) is 5.92 Å². The van der Waals surface area contributed by atoms with Crippen LogP contribution in [0.4, 0.5) is 0 Å². The molecule has 1 aliphatic heterocycles. The first-order chi connectivity index (χ1) is 11.6. The van der Waals surface area contributed by atoms with Crippen LogP contribution in [0.25, 0.3) is 11.0 Å². The van der Waals surface area contributed by atoms with Crippen molar-refractivity contribution >= 4 is 16.9 Å². The molecule has 1 unspecified atom stereocenters. The van der Waals surface area contributed by atoms with Crippen LogP contribution >= 0.6 is 0 Å². The van der Waals surface area contributed by atoms with Gasteiger partial charge in [-0.2, -0.15) is 0 Å². The molecule has 5 nitrogen and oxygen atoms in total. The van der Waals surface area contributed by atoms with Gasteiger partial charge in [-0.05, 0) is 52.3 Å². The summed E-state index contributed by atoms with van der Waals surface area (Å²) in [7, 11) is 0. The van der Waals surface area contributed by atoms with E-state index in [4.69, 9.17) is 9.15 Å². The molecule has 2 N–H and O–H groups in total. The van der Waals surface area contributed by atoms with Gasteiger partial charge in [-0.25, -0.2) is 0 Å². The van der Waals surface area contributed by atoms with Gasteiger partial charge < -0.3 is 19.8 Å². The molecular formula is C19H26N2O3. The van der Waals surface area contributed by atoms with Gasteiger partial charge in [0.05, 0.1) is 12.6 Å². The van der Waals surface area contributed by atoms with Gasteiger partial charge in [-0.1, -0.05) is 12.1 Å². The molecule has 0 radical (unpaired) electrons. The summed E-state index contributed by atoms with van der Waals surface area (Å²) < 4.78 is 11.6. The fraction of sp³-hybridized carbons (Fsp3) is 0.526. The van der Waals surface area contributed by atoms with Crippen LogP contribution in [0, 0.1) is 5.92 Å². The average molecular weight is 330 g/mol. The summed E-state index contributed by atoms with van der Waals surface area (Å²) in [5, 5.41) is 7.47. The number of piperidine rings is 1. The highest BCUT2D eigenvalue weighted by Crippen LogP contribution is 2.31. The maximum atomic E-state index is 12.5. The second-order valence-electron chi connectivity index (χ2n) is 6.56. The number of benzene rings is 1. The van der Waals surface area contributed by atoms with Crippen LogP contribution in [-0.4, -0.2) is 25.1 Å². The van der Waals surface area contributed by atoms with E-state index in [2.05, 4.69) is 17.6 Å². The number of ether oxygens (including phenoxy) is 1. The zero-order chi connectivity index (χ0) is 17.1. The van der Waals surface area contributed by atoms with E-state index in [0.717, 1.165) is 41.9 Å². The van der Waals surface area contributed by atoms with E-state index in [-0.39, 0.29) is 17.9 Å². The molecule has 130 valence electrons. The predicted octanol–water partition coefficient (Wildman–Crippen LogP) is 3.40. The summed E-state index contributed by atoms with van der Waals surface area (Å²) in [4.78, 5) is 12.5. The van der Waals surface area contributed by atoms with Crippen LogP contribution < -0.4 is 15.4 Å². The van der Waals surface area contributed by atoms with Crippen molar-refractivity contribution < 1.29 is 13.9 Å². The van der Waals surface area contributed by atoms with E-state index in [1.807, 2.05) is 38.1 Å². The molecule has 24 heavy (non-hydrogen) atoms. The third-order valence-electron chi connectivity index (χ3n) is 4.61. The Hall–Kier alpha value is -2.01. The fourth-order valence-electron chi connectivity index (χ4n) is 3.31. The molecule has 0 bridgehead atoms. The molecule has 0 spiro atoms. The van der Waals surface area contributed by atoms with Crippen molar-refractivity contribution in [1.82, 2.24) is 10.6 Å². The van der Waals surface area contributed by atoms with Crippen molar-refractivity contribution in [2.75, 3.05) is 13.2 Å². The number of hydrogen-bond donors (Lipinski definition) is 2. The Morgan fingerprint density at radius 1 is 1.50 bits per heavy atom. The van der Waals surface area contributed by atoms with Gasteiger partial charge in [0.1, 0.15) is 5.76 Å². The number of para-hydroxylation sites is 1. The number of carbonyl (C=O) groups excluding carboxylic acids is 1. The van der Waals surface area contributed by atoms with Gasteiger partial charge in [-0.15, -0.1) is 0 Å². The van der Waals surface area contributed by atoms with Crippen LogP contribution in [0.2, 0.25) is 0 Å². The molecular weight excluding hydrogens is 304 g/mol. The van der Waals surface area contributed by atoms with Gasteiger partial charge in [0.15, 0.2) is 11.3 Å². The number of amides is 1. The third-order valence-corrected chi connectivity index (χ3v) is 4.61. The molecule has 1 saturated heterocycles. The minimum atomic E-state index is -0.162. The maximum absolute atomic E-state index is 12.5. The highest BCUT2D eigenvalue weighted by Gasteiger charge is 2.26. The monoisotopic (exact) mass is 330 g/mol. The number of hydrogen-bond acceptors (Lipinski definition) is 4. The molecule has 0 saturated carbocycles. The Labute approximate surface area is 142 Å². The van der Waals surface area contributed by atoms with E-state index in [1.54, 1.807) is 0 Å². The summed E-state index contributed by atoms with van der Waals surface area (Å²) in [5.41, 5.74) is 0.742. The van der Waals surface area contributed by atoms with Crippen molar-refractivity contribution in [3.63, 3.8) is 0 Å². The number of furan rings is 1. The minimum Gasteiger partial charge on any atom is -0.490 e.